The molecular weight excluding hydrogens is 426 g/mol. The van der Waals surface area contributed by atoms with Crippen LogP contribution in [-0.2, 0) is 23.2 Å². The minimum absolute atomic E-state index is 0.213. The van der Waals surface area contributed by atoms with Gasteiger partial charge in [0.1, 0.15) is 12.4 Å². The van der Waals surface area contributed by atoms with Gasteiger partial charge in [0.2, 0.25) is 0 Å². The van der Waals surface area contributed by atoms with Crippen molar-refractivity contribution < 1.29 is 19.4 Å². The molecule has 1 unspecified atom stereocenters. The van der Waals surface area contributed by atoms with Gasteiger partial charge in [-0.05, 0) is 66.1 Å². The van der Waals surface area contributed by atoms with Gasteiger partial charge in [0, 0.05) is 17.8 Å². The molecule has 0 aliphatic carbocycles. The summed E-state index contributed by atoms with van der Waals surface area (Å²) < 4.78 is 10.4. The molecule has 0 radical (unpaired) electrons. The average Bonchev–Trinajstić information content (AvgIpc) is 3.22. The maximum absolute atomic E-state index is 11.9. The fourth-order valence-electron chi connectivity index (χ4n) is 4.73. The zero-order valence-electron chi connectivity index (χ0n) is 20.1. The van der Waals surface area contributed by atoms with E-state index >= 15 is 0 Å². The number of esters is 1. The topological polar surface area (TPSA) is 67.8 Å². The summed E-state index contributed by atoms with van der Waals surface area (Å²) in [5.41, 5.74) is 3.56. The molecule has 3 aromatic carbocycles. The molecule has 1 aliphatic rings. The number of hydrogen-bond donors (Lipinski definition) is 2. The zero-order chi connectivity index (χ0) is 24.2. The van der Waals surface area contributed by atoms with E-state index in [1.54, 1.807) is 13.2 Å². The predicted molar refractivity (Wildman–Crippen MR) is 134 cm³/mol. The Bertz CT molecular complexity index is 1120. The van der Waals surface area contributed by atoms with E-state index in [9.17, 15) is 9.90 Å². The highest BCUT2D eigenvalue weighted by Crippen LogP contribution is 2.35. The van der Waals surface area contributed by atoms with Crippen molar-refractivity contribution in [3.05, 3.63) is 95.1 Å². The molecule has 34 heavy (non-hydrogen) atoms. The van der Waals surface area contributed by atoms with Gasteiger partial charge in [-0.2, -0.15) is 0 Å². The van der Waals surface area contributed by atoms with Crippen molar-refractivity contribution >= 4 is 11.7 Å². The van der Waals surface area contributed by atoms with Gasteiger partial charge in [0.25, 0.3) is 0 Å². The smallest absolute Gasteiger partial charge is 0.338 e. The lowest BCUT2D eigenvalue weighted by Gasteiger charge is -2.37. The number of anilines is 1. The highest BCUT2D eigenvalue weighted by Gasteiger charge is 2.35. The molecule has 4 rings (SSSR count). The second-order valence-electron chi connectivity index (χ2n) is 9.80. The summed E-state index contributed by atoms with van der Waals surface area (Å²) in [6, 6.07) is 23.9. The van der Waals surface area contributed by atoms with Crippen LogP contribution in [0.3, 0.4) is 0 Å². The first-order valence-electron chi connectivity index (χ1n) is 11.7. The maximum atomic E-state index is 11.9. The number of carbonyl (C=O) groups is 1. The van der Waals surface area contributed by atoms with Gasteiger partial charge >= 0.3 is 5.97 Å². The number of aliphatic hydroxyl groups is 1. The maximum Gasteiger partial charge on any atom is 0.338 e. The quantitative estimate of drug-likeness (QED) is 0.391. The number of methoxy groups -OCH3 is 1. The molecule has 1 atom stereocenters. The van der Waals surface area contributed by atoms with Gasteiger partial charge in [-0.15, -0.1) is 0 Å². The molecule has 3 aromatic rings. The third kappa shape index (κ3) is 5.60. The Morgan fingerprint density at radius 3 is 2.47 bits per heavy atom. The first-order chi connectivity index (χ1) is 16.3. The van der Waals surface area contributed by atoms with Crippen LogP contribution in [-0.4, -0.2) is 30.3 Å². The number of ether oxygens (including phenoxy) is 2. The summed E-state index contributed by atoms with van der Waals surface area (Å²) in [5.74, 6) is 0.548. The molecule has 0 saturated heterocycles. The Hall–Kier alpha value is -3.31. The van der Waals surface area contributed by atoms with Gasteiger partial charge in [-0.25, -0.2) is 4.79 Å². The van der Waals surface area contributed by atoms with Crippen molar-refractivity contribution in [3.8, 4) is 5.75 Å². The lowest BCUT2D eigenvalue weighted by molar-refractivity contribution is 0.0175. The second kappa shape index (κ2) is 9.90. The Kier molecular flexibility index (Phi) is 6.94. The summed E-state index contributed by atoms with van der Waals surface area (Å²) >= 11 is 0. The van der Waals surface area contributed by atoms with Crippen molar-refractivity contribution in [1.29, 1.82) is 0 Å². The van der Waals surface area contributed by atoms with Crippen LogP contribution in [0, 0.1) is 0 Å². The van der Waals surface area contributed by atoms with E-state index in [4.69, 9.17) is 9.47 Å². The number of cyclic esters (lactones) is 1. The van der Waals surface area contributed by atoms with Crippen molar-refractivity contribution in [3.63, 3.8) is 0 Å². The number of rotatable bonds is 10. The molecule has 2 N–H and O–H groups in total. The molecule has 5 heteroatoms. The van der Waals surface area contributed by atoms with E-state index in [-0.39, 0.29) is 11.4 Å². The molecule has 0 spiro atoms. The first-order valence-corrected chi connectivity index (χ1v) is 11.7. The number of fused-ring (bicyclic) bond motifs is 1. The van der Waals surface area contributed by atoms with Crippen LogP contribution < -0.4 is 10.1 Å². The first kappa shape index (κ1) is 23.8. The van der Waals surface area contributed by atoms with Crippen molar-refractivity contribution in [2.45, 2.75) is 50.7 Å². The molecule has 178 valence electrons. The Morgan fingerprint density at radius 1 is 1.03 bits per heavy atom. The molecule has 0 saturated carbocycles. The van der Waals surface area contributed by atoms with E-state index in [1.807, 2.05) is 54.6 Å². The summed E-state index contributed by atoms with van der Waals surface area (Å²) in [4.78, 5) is 11.8. The monoisotopic (exact) mass is 459 g/mol. The number of benzene rings is 3. The summed E-state index contributed by atoms with van der Waals surface area (Å²) in [6.07, 6.45) is 1.95. The van der Waals surface area contributed by atoms with Crippen LogP contribution in [0.15, 0.2) is 72.8 Å². The molecular formula is C29H33NO4. The van der Waals surface area contributed by atoms with E-state index in [0.29, 0.717) is 31.6 Å². The summed E-state index contributed by atoms with van der Waals surface area (Å²) in [5, 5.41) is 15.3. The fraction of sp³-hybridized carbons (Fsp3) is 0.345. The third-order valence-corrected chi connectivity index (χ3v) is 6.67. The average molecular weight is 460 g/mol. The lowest BCUT2D eigenvalue weighted by Crippen LogP contribution is -2.43. The van der Waals surface area contributed by atoms with Crippen LogP contribution >= 0.6 is 0 Å². The molecule has 0 aromatic heterocycles. The number of hydrogen-bond acceptors (Lipinski definition) is 5. The molecule has 5 nitrogen and oxygen atoms in total. The van der Waals surface area contributed by atoms with E-state index < -0.39 is 5.60 Å². The number of carbonyl (C=O) groups excluding carboxylic acids is 1. The van der Waals surface area contributed by atoms with Crippen LogP contribution in [0.4, 0.5) is 5.69 Å². The van der Waals surface area contributed by atoms with Gasteiger partial charge in [-0.1, -0.05) is 56.3 Å². The molecule has 0 amide bonds. The van der Waals surface area contributed by atoms with Crippen molar-refractivity contribution in [2.24, 2.45) is 0 Å². The Labute approximate surface area is 201 Å². The predicted octanol–water partition coefficient (Wildman–Crippen LogP) is 5.51. The van der Waals surface area contributed by atoms with E-state index in [0.717, 1.165) is 29.0 Å². The highest BCUT2D eigenvalue weighted by molar-refractivity contribution is 5.93. The van der Waals surface area contributed by atoms with Crippen LogP contribution in [0.1, 0.15) is 53.7 Å². The second-order valence-corrected chi connectivity index (χ2v) is 9.80. The van der Waals surface area contributed by atoms with Crippen LogP contribution in [0.2, 0.25) is 0 Å². The highest BCUT2D eigenvalue weighted by atomic mass is 16.5. The Balaban J connectivity index is 1.51. The number of nitrogens with one attached hydrogen (secondary N) is 1. The fourth-order valence-corrected chi connectivity index (χ4v) is 4.73. The van der Waals surface area contributed by atoms with Gasteiger partial charge in [0.05, 0.1) is 18.3 Å². The van der Waals surface area contributed by atoms with Gasteiger partial charge in [0.15, 0.2) is 0 Å². The van der Waals surface area contributed by atoms with Crippen molar-refractivity contribution in [1.82, 2.24) is 0 Å². The van der Waals surface area contributed by atoms with Crippen LogP contribution in [0.5, 0.6) is 5.75 Å². The minimum atomic E-state index is -0.954. The summed E-state index contributed by atoms with van der Waals surface area (Å²) in [7, 11) is 1.66. The zero-order valence-corrected chi connectivity index (χ0v) is 20.1. The van der Waals surface area contributed by atoms with Crippen LogP contribution in [0.25, 0.3) is 0 Å². The number of aryl methyl sites for hydroxylation is 1. The largest absolute Gasteiger partial charge is 0.497 e. The van der Waals surface area contributed by atoms with E-state index in [1.165, 1.54) is 5.56 Å². The van der Waals surface area contributed by atoms with Gasteiger partial charge < -0.3 is 19.9 Å². The van der Waals surface area contributed by atoms with E-state index in [2.05, 4.69) is 31.3 Å². The molecule has 1 heterocycles. The molecule has 0 bridgehead atoms. The summed E-state index contributed by atoms with van der Waals surface area (Å²) in [6.45, 7) is 5.05. The normalized spacial score (nSPS) is 14.8. The van der Waals surface area contributed by atoms with Crippen molar-refractivity contribution in [2.75, 3.05) is 19.0 Å². The third-order valence-electron chi connectivity index (χ3n) is 6.67. The SMILES string of the molecule is COc1ccc(CCC(O)(CNc2ccc3c(c2)COC3=O)CC(C)(C)c2ccccc2)cc1. The molecule has 0 fully saturated rings. The lowest BCUT2D eigenvalue weighted by atomic mass is 9.73. The van der Waals surface area contributed by atoms with Gasteiger partial charge in [-0.3, -0.25) is 0 Å². The standard InChI is InChI=1S/C29H33NO4/c1-28(2,23-7-5-4-6-8-23)19-29(32,16-15-21-9-12-25(33-3)13-10-21)20-30-24-11-14-26-22(17-24)18-34-27(26)31/h4-14,17,30,32H,15-16,18-20H2,1-3H3. The molecule has 1 aliphatic heterocycles. The Morgan fingerprint density at radius 2 is 1.76 bits per heavy atom. The minimum Gasteiger partial charge on any atom is -0.497 e.